The summed E-state index contributed by atoms with van der Waals surface area (Å²) in [5.74, 6) is -1.00. The first-order valence-electron chi connectivity index (χ1n) is 10.4. The molecule has 1 amide bonds. The van der Waals surface area contributed by atoms with E-state index in [1.54, 1.807) is 18.2 Å². The molecule has 0 saturated heterocycles. The number of aryl methyl sites for hydroxylation is 2. The summed E-state index contributed by atoms with van der Waals surface area (Å²) in [6, 6.07) is 19.1. The number of carbonyl (C=O) groups excluding carboxylic acids is 1. The highest BCUT2D eigenvalue weighted by Gasteiger charge is 2.19. The van der Waals surface area contributed by atoms with Gasteiger partial charge in [-0.25, -0.2) is 8.91 Å². The van der Waals surface area contributed by atoms with Gasteiger partial charge in [0.15, 0.2) is 0 Å². The molecule has 0 aliphatic carbocycles. The fourth-order valence-corrected chi connectivity index (χ4v) is 3.86. The summed E-state index contributed by atoms with van der Waals surface area (Å²) >= 11 is 0. The lowest BCUT2D eigenvalue weighted by Gasteiger charge is -2.12. The van der Waals surface area contributed by atoms with Crippen LogP contribution in [0.15, 0.2) is 71.5 Å². The predicted molar refractivity (Wildman–Crippen MR) is 124 cm³/mol. The molecule has 2 aromatic heterocycles. The van der Waals surface area contributed by atoms with E-state index in [2.05, 4.69) is 15.4 Å². The van der Waals surface area contributed by atoms with Crippen LogP contribution in [-0.2, 0) is 6.54 Å². The molecule has 0 spiro atoms. The van der Waals surface area contributed by atoms with Crippen LogP contribution < -0.4 is 10.9 Å². The van der Waals surface area contributed by atoms with Crippen LogP contribution in [0, 0.1) is 19.7 Å². The van der Waals surface area contributed by atoms with Crippen molar-refractivity contribution in [3.05, 3.63) is 105 Å². The summed E-state index contributed by atoms with van der Waals surface area (Å²) in [7, 11) is 0. The quantitative estimate of drug-likeness (QED) is 0.455. The Balaban J connectivity index is 1.65. The van der Waals surface area contributed by atoms with Gasteiger partial charge in [0.2, 0.25) is 11.5 Å². The highest BCUT2D eigenvalue weighted by molar-refractivity contribution is 6.02. The molecule has 33 heavy (non-hydrogen) atoms. The Kier molecular flexibility index (Phi) is 4.97. The van der Waals surface area contributed by atoms with Crippen molar-refractivity contribution in [2.24, 2.45) is 0 Å². The van der Waals surface area contributed by atoms with Gasteiger partial charge in [-0.05, 0) is 66.9 Å². The van der Waals surface area contributed by atoms with E-state index in [1.807, 2.05) is 50.2 Å². The molecule has 0 aliphatic rings. The molecule has 0 unspecified atom stereocenters. The van der Waals surface area contributed by atoms with Crippen LogP contribution in [0.25, 0.3) is 16.7 Å². The normalized spacial score (nSPS) is 11.2. The smallest absolute Gasteiger partial charge is 0.296 e. The highest BCUT2D eigenvalue weighted by atomic mass is 19.1. The first-order valence-corrected chi connectivity index (χ1v) is 10.4. The molecule has 3 aromatic carbocycles. The Hall–Kier alpha value is -4.33. The summed E-state index contributed by atoms with van der Waals surface area (Å²) in [6.45, 7) is 4.00. The maximum absolute atomic E-state index is 13.7. The van der Waals surface area contributed by atoms with Gasteiger partial charge in [0.1, 0.15) is 5.82 Å². The second-order valence-electron chi connectivity index (χ2n) is 8.01. The van der Waals surface area contributed by atoms with Gasteiger partial charge in [-0.2, -0.15) is 4.98 Å². The fourth-order valence-electron chi connectivity index (χ4n) is 3.86. The van der Waals surface area contributed by atoms with Crippen LogP contribution in [0.4, 0.5) is 10.1 Å². The SMILES string of the molecule is Cc1cccc(NC(=O)c2nc3c(=O)n(Cc4cccc(F)c4)c4cc(C)ccc4n3n2)c1. The van der Waals surface area contributed by atoms with Gasteiger partial charge < -0.3 is 5.32 Å². The average Bonchev–Trinajstić information content (AvgIpc) is 3.23. The van der Waals surface area contributed by atoms with Crippen LogP contribution in [0.1, 0.15) is 27.3 Å². The van der Waals surface area contributed by atoms with E-state index in [4.69, 9.17) is 0 Å². The zero-order valence-electron chi connectivity index (χ0n) is 18.0. The number of nitrogens with one attached hydrogen (secondary N) is 1. The molecule has 0 atom stereocenters. The maximum Gasteiger partial charge on any atom is 0.296 e. The first kappa shape index (κ1) is 20.6. The van der Waals surface area contributed by atoms with Crippen molar-refractivity contribution in [3.8, 4) is 0 Å². The topological polar surface area (TPSA) is 81.3 Å². The van der Waals surface area contributed by atoms with Crippen molar-refractivity contribution in [1.29, 1.82) is 0 Å². The zero-order valence-corrected chi connectivity index (χ0v) is 18.0. The summed E-state index contributed by atoms with van der Waals surface area (Å²) in [5.41, 5.74) is 4.05. The molecule has 0 bridgehead atoms. The summed E-state index contributed by atoms with van der Waals surface area (Å²) < 4.78 is 16.7. The molecule has 8 heteroatoms. The maximum atomic E-state index is 13.7. The minimum absolute atomic E-state index is 0.0251. The van der Waals surface area contributed by atoms with Crippen molar-refractivity contribution in [2.45, 2.75) is 20.4 Å². The molecule has 2 heterocycles. The number of carbonyl (C=O) groups is 1. The number of hydrogen-bond donors (Lipinski definition) is 1. The van der Waals surface area contributed by atoms with E-state index in [-0.39, 0.29) is 23.8 Å². The van der Waals surface area contributed by atoms with Gasteiger partial charge in [-0.1, -0.05) is 30.3 Å². The van der Waals surface area contributed by atoms with Crippen molar-refractivity contribution in [1.82, 2.24) is 19.2 Å². The molecule has 0 fully saturated rings. The van der Waals surface area contributed by atoms with Crippen LogP contribution in [-0.4, -0.2) is 25.1 Å². The van der Waals surface area contributed by atoms with E-state index in [1.165, 1.54) is 21.2 Å². The number of benzene rings is 3. The molecule has 0 saturated carbocycles. The van der Waals surface area contributed by atoms with Gasteiger partial charge >= 0.3 is 0 Å². The summed E-state index contributed by atoms with van der Waals surface area (Å²) in [5, 5.41) is 7.10. The summed E-state index contributed by atoms with van der Waals surface area (Å²) in [4.78, 5) is 30.5. The number of aromatic nitrogens is 4. The van der Waals surface area contributed by atoms with Crippen molar-refractivity contribution in [2.75, 3.05) is 5.32 Å². The number of rotatable bonds is 4. The van der Waals surface area contributed by atoms with Gasteiger partial charge in [0.25, 0.3) is 11.5 Å². The van der Waals surface area contributed by atoms with Crippen LogP contribution in [0.3, 0.4) is 0 Å². The molecule has 0 radical (unpaired) electrons. The fraction of sp³-hybridized carbons (Fsp3) is 0.120. The average molecular weight is 441 g/mol. The molecule has 0 aliphatic heterocycles. The Morgan fingerprint density at radius 3 is 2.55 bits per heavy atom. The Bertz CT molecular complexity index is 1600. The second kappa shape index (κ2) is 7.98. The van der Waals surface area contributed by atoms with E-state index >= 15 is 0 Å². The molecular weight excluding hydrogens is 421 g/mol. The lowest BCUT2D eigenvalue weighted by Crippen LogP contribution is -2.24. The lowest BCUT2D eigenvalue weighted by atomic mass is 10.2. The third kappa shape index (κ3) is 3.87. The van der Waals surface area contributed by atoms with Gasteiger partial charge in [-0.3, -0.25) is 14.2 Å². The van der Waals surface area contributed by atoms with E-state index in [0.717, 1.165) is 11.1 Å². The van der Waals surface area contributed by atoms with Crippen molar-refractivity contribution >= 4 is 28.3 Å². The van der Waals surface area contributed by atoms with Crippen LogP contribution in [0.2, 0.25) is 0 Å². The number of hydrogen-bond acceptors (Lipinski definition) is 4. The number of halogens is 1. The molecule has 5 rings (SSSR count). The minimum atomic E-state index is -0.513. The largest absolute Gasteiger partial charge is 0.319 e. The monoisotopic (exact) mass is 441 g/mol. The van der Waals surface area contributed by atoms with Gasteiger partial charge in [0, 0.05) is 5.69 Å². The van der Waals surface area contributed by atoms with Gasteiger partial charge in [-0.15, -0.1) is 5.10 Å². The standard InChI is InChI=1S/C25H20FN5O2/c1-15-5-3-8-19(11-15)27-24(32)22-28-23-25(33)30(14-17-6-4-7-18(26)13-17)21-12-16(2)9-10-20(21)31(23)29-22/h3-13H,14H2,1-2H3,(H,27,32). The molecule has 7 nitrogen and oxygen atoms in total. The third-order valence-corrected chi connectivity index (χ3v) is 5.40. The molecule has 1 N–H and O–H groups in total. The summed E-state index contributed by atoms with van der Waals surface area (Å²) in [6.07, 6.45) is 0. The number of nitrogens with zero attached hydrogens (tertiary/aromatic N) is 4. The highest BCUT2D eigenvalue weighted by Crippen LogP contribution is 2.18. The molecular formula is C25H20FN5O2. The van der Waals surface area contributed by atoms with E-state index < -0.39 is 11.5 Å². The van der Waals surface area contributed by atoms with Crippen LogP contribution >= 0.6 is 0 Å². The number of amides is 1. The lowest BCUT2D eigenvalue weighted by molar-refractivity contribution is 0.101. The number of anilines is 1. The zero-order chi connectivity index (χ0) is 23.1. The second-order valence-corrected chi connectivity index (χ2v) is 8.01. The number of fused-ring (bicyclic) bond motifs is 3. The van der Waals surface area contributed by atoms with E-state index in [0.29, 0.717) is 22.3 Å². The third-order valence-electron chi connectivity index (χ3n) is 5.40. The van der Waals surface area contributed by atoms with E-state index in [9.17, 15) is 14.0 Å². The van der Waals surface area contributed by atoms with Crippen molar-refractivity contribution in [3.63, 3.8) is 0 Å². The van der Waals surface area contributed by atoms with Gasteiger partial charge in [0.05, 0.1) is 17.6 Å². The van der Waals surface area contributed by atoms with Crippen molar-refractivity contribution < 1.29 is 9.18 Å². The Labute approximate surface area is 188 Å². The van der Waals surface area contributed by atoms with Crippen LogP contribution in [0.5, 0.6) is 0 Å². The Morgan fingerprint density at radius 1 is 0.970 bits per heavy atom. The first-order chi connectivity index (χ1) is 15.9. The molecule has 5 aromatic rings. The molecule has 164 valence electrons. The minimum Gasteiger partial charge on any atom is -0.319 e. The predicted octanol–water partition coefficient (Wildman–Crippen LogP) is 4.10. The Morgan fingerprint density at radius 2 is 1.76 bits per heavy atom.